The van der Waals surface area contributed by atoms with E-state index in [0.29, 0.717) is 24.7 Å². The maximum absolute atomic E-state index is 12.7. The first-order chi connectivity index (χ1) is 10.5. The van der Waals surface area contributed by atoms with Gasteiger partial charge >= 0.3 is 0 Å². The molecular formula is C16H25N5O. The van der Waals surface area contributed by atoms with Crippen LogP contribution in [0.25, 0.3) is 0 Å². The summed E-state index contributed by atoms with van der Waals surface area (Å²) in [6, 6.07) is 1.85. The summed E-state index contributed by atoms with van der Waals surface area (Å²) in [7, 11) is 0. The first kappa shape index (κ1) is 15.2. The molecule has 1 aromatic rings. The van der Waals surface area contributed by atoms with Crippen LogP contribution < -0.4 is 10.6 Å². The summed E-state index contributed by atoms with van der Waals surface area (Å²) >= 11 is 0. The third-order valence-electron chi connectivity index (χ3n) is 4.85. The molecule has 2 fully saturated rings. The van der Waals surface area contributed by atoms with Crippen molar-refractivity contribution in [2.45, 2.75) is 39.2 Å². The molecule has 1 atom stereocenters. The minimum absolute atomic E-state index is 0.0113. The van der Waals surface area contributed by atoms with E-state index in [9.17, 15) is 4.79 Å². The second-order valence-electron chi connectivity index (χ2n) is 7.05. The Bertz CT molecular complexity index is 553. The molecule has 2 saturated heterocycles. The number of rotatable bonds is 2. The monoisotopic (exact) mass is 303 g/mol. The van der Waals surface area contributed by atoms with Gasteiger partial charge in [-0.05, 0) is 30.7 Å². The van der Waals surface area contributed by atoms with Gasteiger partial charge in [-0.15, -0.1) is 0 Å². The van der Waals surface area contributed by atoms with Crippen LogP contribution in [0.1, 0.15) is 43.6 Å². The lowest BCUT2D eigenvalue weighted by Crippen LogP contribution is -2.54. The van der Waals surface area contributed by atoms with E-state index in [2.05, 4.69) is 28.7 Å². The van der Waals surface area contributed by atoms with Crippen molar-refractivity contribution in [1.82, 2.24) is 14.9 Å². The van der Waals surface area contributed by atoms with Gasteiger partial charge in [0.25, 0.3) is 5.91 Å². The molecule has 2 aliphatic rings. The third-order valence-corrected chi connectivity index (χ3v) is 4.85. The van der Waals surface area contributed by atoms with Crippen LogP contribution in [0.15, 0.2) is 12.3 Å². The summed E-state index contributed by atoms with van der Waals surface area (Å²) in [5.41, 5.74) is 6.58. The van der Waals surface area contributed by atoms with Crippen LogP contribution in [0.4, 0.5) is 5.95 Å². The predicted molar refractivity (Wildman–Crippen MR) is 85.8 cm³/mol. The van der Waals surface area contributed by atoms with Crippen LogP contribution in [0, 0.1) is 5.41 Å². The Morgan fingerprint density at radius 1 is 1.32 bits per heavy atom. The van der Waals surface area contributed by atoms with E-state index >= 15 is 0 Å². The summed E-state index contributed by atoms with van der Waals surface area (Å²) in [6.07, 6.45) is 4.86. The molecule has 3 heterocycles. The Kier molecular flexibility index (Phi) is 4.04. The van der Waals surface area contributed by atoms with Crippen molar-refractivity contribution in [3.8, 4) is 0 Å². The van der Waals surface area contributed by atoms with Crippen LogP contribution in [0.3, 0.4) is 0 Å². The van der Waals surface area contributed by atoms with Crippen molar-refractivity contribution in [3.63, 3.8) is 0 Å². The van der Waals surface area contributed by atoms with Crippen LogP contribution in [-0.2, 0) is 0 Å². The number of aromatic nitrogens is 2. The molecule has 3 rings (SSSR count). The number of hydrogen-bond donors (Lipinski definition) is 1. The van der Waals surface area contributed by atoms with E-state index in [0.717, 1.165) is 19.5 Å². The third kappa shape index (κ3) is 2.92. The van der Waals surface area contributed by atoms with Gasteiger partial charge in [-0.2, -0.15) is 0 Å². The number of carbonyl (C=O) groups is 1. The van der Waals surface area contributed by atoms with E-state index in [1.54, 1.807) is 12.3 Å². The maximum atomic E-state index is 12.7. The normalized spacial score (nSPS) is 24.6. The maximum Gasteiger partial charge on any atom is 0.272 e. The number of nitrogens with two attached hydrogens (primary N) is 1. The van der Waals surface area contributed by atoms with Gasteiger partial charge in [-0.25, -0.2) is 9.97 Å². The number of amides is 1. The van der Waals surface area contributed by atoms with Gasteiger partial charge in [0.1, 0.15) is 5.69 Å². The Hall–Kier alpha value is -1.69. The molecule has 1 aromatic heterocycles. The minimum atomic E-state index is -0.0568. The predicted octanol–water partition coefficient (Wildman–Crippen LogP) is 1.28. The lowest BCUT2D eigenvalue weighted by Gasteiger charge is -2.42. The van der Waals surface area contributed by atoms with Crippen LogP contribution in [-0.4, -0.2) is 53.0 Å². The minimum Gasteiger partial charge on any atom is -0.341 e. The summed E-state index contributed by atoms with van der Waals surface area (Å²) < 4.78 is 0. The SMILES string of the molecule is CC1(C)CN(C(=O)c2ccnc(N3CCCC3)n2)CCC1N. The number of hydrogen-bond acceptors (Lipinski definition) is 5. The largest absolute Gasteiger partial charge is 0.341 e. The Labute approximate surface area is 131 Å². The first-order valence-corrected chi connectivity index (χ1v) is 8.10. The molecule has 0 aliphatic carbocycles. The van der Waals surface area contributed by atoms with E-state index in [1.807, 2.05) is 4.90 Å². The molecule has 22 heavy (non-hydrogen) atoms. The van der Waals surface area contributed by atoms with Crippen LogP contribution in [0.2, 0.25) is 0 Å². The lowest BCUT2D eigenvalue weighted by atomic mass is 9.79. The smallest absolute Gasteiger partial charge is 0.272 e. The fourth-order valence-corrected chi connectivity index (χ4v) is 3.25. The highest BCUT2D eigenvalue weighted by Gasteiger charge is 2.36. The van der Waals surface area contributed by atoms with Crippen LogP contribution in [0.5, 0.6) is 0 Å². The average Bonchev–Trinajstić information content (AvgIpc) is 3.04. The van der Waals surface area contributed by atoms with Crippen molar-refractivity contribution in [2.75, 3.05) is 31.1 Å². The highest BCUT2D eigenvalue weighted by atomic mass is 16.2. The average molecular weight is 303 g/mol. The second-order valence-corrected chi connectivity index (χ2v) is 7.05. The van der Waals surface area contributed by atoms with E-state index in [-0.39, 0.29) is 17.4 Å². The highest BCUT2D eigenvalue weighted by molar-refractivity contribution is 5.92. The molecular weight excluding hydrogens is 278 g/mol. The van der Waals surface area contributed by atoms with E-state index in [4.69, 9.17) is 5.73 Å². The van der Waals surface area contributed by atoms with Crippen molar-refractivity contribution in [3.05, 3.63) is 18.0 Å². The molecule has 0 aromatic carbocycles. The zero-order chi connectivity index (χ0) is 15.7. The molecule has 120 valence electrons. The summed E-state index contributed by atoms with van der Waals surface area (Å²) in [5.74, 6) is 0.666. The fourth-order valence-electron chi connectivity index (χ4n) is 3.25. The van der Waals surface area contributed by atoms with Gasteiger partial charge in [-0.3, -0.25) is 4.79 Å². The Morgan fingerprint density at radius 3 is 2.73 bits per heavy atom. The zero-order valence-electron chi connectivity index (χ0n) is 13.5. The molecule has 0 bridgehead atoms. The van der Waals surface area contributed by atoms with Gasteiger partial charge in [0.15, 0.2) is 0 Å². The Balaban J connectivity index is 1.76. The summed E-state index contributed by atoms with van der Waals surface area (Å²) in [5, 5.41) is 0. The number of piperidine rings is 1. The van der Waals surface area contributed by atoms with Gasteiger partial charge in [-0.1, -0.05) is 13.8 Å². The molecule has 0 saturated carbocycles. The van der Waals surface area contributed by atoms with E-state index < -0.39 is 0 Å². The number of anilines is 1. The van der Waals surface area contributed by atoms with E-state index in [1.165, 1.54) is 12.8 Å². The van der Waals surface area contributed by atoms with Crippen molar-refractivity contribution < 1.29 is 4.79 Å². The molecule has 6 heteroatoms. The van der Waals surface area contributed by atoms with Gasteiger partial charge < -0.3 is 15.5 Å². The zero-order valence-corrected chi connectivity index (χ0v) is 13.5. The van der Waals surface area contributed by atoms with Gasteiger partial charge in [0, 0.05) is 38.4 Å². The van der Waals surface area contributed by atoms with Gasteiger partial charge in [0.2, 0.25) is 5.95 Å². The molecule has 0 radical (unpaired) electrons. The highest BCUT2D eigenvalue weighted by Crippen LogP contribution is 2.28. The molecule has 1 amide bonds. The van der Waals surface area contributed by atoms with Crippen molar-refractivity contribution >= 4 is 11.9 Å². The molecule has 0 spiro atoms. The second kappa shape index (κ2) is 5.83. The standard InChI is InChI=1S/C16H25N5O/c1-16(2)11-21(10-6-13(16)17)14(22)12-5-7-18-15(19-12)20-8-3-4-9-20/h5,7,13H,3-4,6,8-11,17H2,1-2H3. The number of carbonyl (C=O) groups excluding carboxylic acids is 1. The number of likely N-dealkylation sites (tertiary alicyclic amines) is 1. The molecule has 2 aliphatic heterocycles. The fraction of sp³-hybridized carbons (Fsp3) is 0.688. The number of nitrogens with zero attached hydrogens (tertiary/aromatic N) is 4. The summed E-state index contributed by atoms with van der Waals surface area (Å²) in [4.78, 5) is 25.6. The van der Waals surface area contributed by atoms with Crippen LogP contribution >= 0.6 is 0 Å². The van der Waals surface area contributed by atoms with Gasteiger partial charge in [0.05, 0.1) is 0 Å². The molecule has 6 nitrogen and oxygen atoms in total. The molecule has 1 unspecified atom stereocenters. The Morgan fingerprint density at radius 2 is 2.05 bits per heavy atom. The topological polar surface area (TPSA) is 75.4 Å². The quantitative estimate of drug-likeness (QED) is 0.890. The first-order valence-electron chi connectivity index (χ1n) is 8.10. The van der Waals surface area contributed by atoms with Crippen molar-refractivity contribution in [2.24, 2.45) is 11.1 Å². The lowest BCUT2D eigenvalue weighted by molar-refractivity contribution is 0.0527. The van der Waals surface area contributed by atoms with Crippen molar-refractivity contribution in [1.29, 1.82) is 0 Å². The summed E-state index contributed by atoms with van der Waals surface area (Å²) in [6.45, 7) is 7.56. The molecule has 2 N–H and O–H groups in total.